The van der Waals surface area contributed by atoms with E-state index in [1.807, 2.05) is 54.6 Å². The Morgan fingerprint density at radius 1 is 1.10 bits per heavy atom. The Hall–Kier alpha value is -2.73. The fourth-order valence-corrected chi connectivity index (χ4v) is 2.21. The van der Waals surface area contributed by atoms with Crippen LogP contribution in [0, 0.1) is 12.0 Å². The summed E-state index contributed by atoms with van der Waals surface area (Å²) >= 11 is 0. The number of carbonyl (C=O) groups excluding carboxylic acids is 1. The number of rotatable bonds is 1. The summed E-state index contributed by atoms with van der Waals surface area (Å²) in [6, 6.07) is 17.1. The van der Waals surface area contributed by atoms with Crippen LogP contribution in [0.4, 0.5) is 0 Å². The quantitative estimate of drug-likeness (QED) is 0.594. The van der Waals surface area contributed by atoms with Gasteiger partial charge in [0.2, 0.25) is 0 Å². The van der Waals surface area contributed by atoms with Gasteiger partial charge in [-0.25, -0.2) is 4.79 Å². The molecule has 104 valence electrons. The molecule has 0 spiro atoms. The Kier molecular flexibility index (Phi) is 3.88. The molecule has 1 aliphatic heterocycles. The van der Waals surface area contributed by atoms with E-state index >= 15 is 0 Å². The zero-order valence-electron chi connectivity index (χ0n) is 11.4. The first-order valence-corrected chi connectivity index (χ1v) is 6.84. The van der Waals surface area contributed by atoms with Crippen LogP contribution in [-0.4, -0.2) is 12.1 Å². The molecule has 1 heterocycles. The molecule has 3 heteroatoms. The van der Waals surface area contributed by atoms with Gasteiger partial charge >= 0.3 is 5.97 Å². The summed E-state index contributed by atoms with van der Waals surface area (Å²) in [4.78, 5) is 11.9. The van der Waals surface area contributed by atoms with Crippen molar-refractivity contribution in [3.05, 3.63) is 65.7 Å². The van der Waals surface area contributed by atoms with Gasteiger partial charge in [0.15, 0.2) is 6.10 Å². The second-order valence-corrected chi connectivity index (χ2v) is 4.77. The van der Waals surface area contributed by atoms with E-state index in [1.54, 1.807) is 0 Å². The van der Waals surface area contributed by atoms with Crippen LogP contribution in [-0.2, 0) is 16.0 Å². The fourth-order valence-electron chi connectivity index (χ4n) is 2.21. The van der Waals surface area contributed by atoms with Gasteiger partial charge in [-0.05, 0) is 42.5 Å². The highest BCUT2D eigenvalue weighted by Gasteiger charge is 2.27. The first-order valence-electron chi connectivity index (χ1n) is 6.84. The maximum Gasteiger partial charge on any atom is 0.361 e. The van der Waals surface area contributed by atoms with E-state index in [0.717, 1.165) is 23.3 Å². The van der Waals surface area contributed by atoms with E-state index in [2.05, 4.69) is 12.0 Å². The predicted molar refractivity (Wildman–Crippen MR) is 78.6 cm³/mol. The fraction of sp³-hybridized carbons (Fsp3) is 0.167. The summed E-state index contributed by atoms with van der Waals surface area (Å²) in [7, 11) is 0. The molecule has 0 radical (unpaired) electrons. The maximum atomic E-state index is 11.9. The summed E-state index contributed by atoms with van der Waals surface area (Å²) in [5, 5.41) is 0. The van der Waals surface area contributed by atoms with Gasteiger partial charge in [-0.3, -0.25) is 0 Å². The SMILES string of the molecule is O=C(OC#Cc1ccccc1)C1CCc2ccccc2O1. The van der Waals surface area contributed by atoms with Gasteiger partial charge in [0.25, 0.3) is 0 Å². The Labute approximate surface area is 123 Å². The van der Waals surface area contributed by atoms with Crippen LogP contribution in [0.15, 0.2) is 54.6 Å². The van der Waals surface area contributed by atoms with Crippen molar-refractivity contribution in [1.29, 1.82) is 0 Å². The van der Waals surface area contributed by atoms with E-state index in [4.69, 9.17) is 9.47 Å². The highest BCUT2D eigenvalue weighted by atomic mass is 16.6. The van der Waals surface area contributed by atoms with Crippen LogP contribution in [0.2, 0.25) is 0 Å². The van der Waals surface area contributed by atoms with Crippen LogP contribution >= 0.6 is 0 Å². The predicted octanol–water partition coefficient (Wildman–Crippen LogP) is 2.93. The second-order valence-electron chi connectivity index (χ2n) is 4.77. The lowest BCUT2D eigenvalue weighted by Crippen LogP contribution is -2.32. The molecular formula is C18H14O3. The monoisotopic (exact) mass is 278 g/mol. The molecule has 3 nitrogen and oxygen atoms in total. The molecule has 21 heavy (non-hydrogen) atoms. The molecule has 1 aliphatic rings. The van der Waals surface area contributed by atoms with Gasteiger partial charge in [-0.1, -0.05) is 36.4 Å². The average molecular weight is 278 g/mol. The molecular weight excluding hydrogens is 264 g/mol. The smallest absolute Gasteiger partial charge is 0.361 e. The number of hydrogen-bond donors (Lipinski definition) is 0. The number of benzene rings is 2. The minimum Gasteiger partial charge on any atom is -0.478 e. The number of carbonyl (C=O) groups is 1. The van der Waals surface area contributed by atoms with E-state index in [9.17, 15) is 4.79 Å². The zero-order chi connectivity index (χ0) is 14.5. The van der Waals surface area contributed by atoms with Gasteiger partial charge in [0, 0.05) is 5.56 Å². The number of hydrogen-bond acceptors (Lipinski definition) is 3. The topological polar surface area (TPSA) is 35.5 Å². The van der Waals surface area contributed by atoms with Crippen molar-refractivity contribution in [2.45, 2.75) is 18.9 Å². The largest absolute Gasteiger partial charge is 0.478 e. The highest BCUT2D eigenvalue weighted by Crippen LogP contribution is 2.27. The first kappa shape index (κ1) is 13.3. The molecule has 3 rings (SSSR count). The summed E-state index contributed by atoms with van der Waals surface area (Å²) in [6.45, 7) is 0. The summed E-state index contributed by atoms with van der Waals surface area (Å²) < 4.78 is 10.6. The molecule has 2 aromatic rings. The van der Waals surface area contributed by atoms with Gasteiger partial charge in [-0.15, -0.1) is 0 Å². The number of esters is 1. The Bertz CT molecular complexity index is 695. The van der Waals surface area contributed by atoms with Crippen molar-refractivity contribution in [3.8, 4) is 17.8 Å². The molecule has 0 amide bonds. The minimum atomic E-state index is -0.579. The molecule has 2 aromatic carbocycles. The molecule has 0 bridgehead atoms. The van der Waals surface area contributed by atoms with Crippen molar-refractivity contribution >= 4 is 5.97 Å². The number of para-hydroxylation sites is 1. The molecule has 0 saturated carbocycles. The molecule has 0 aromatic heterocycles. The van der Waals surface area contributed by atoms with Gasteiger partial charge in [-0.2, -0.15) is 0 Å². The third-order valence-corrected chi connectivity index (χ3v) is 3.30. The lowest BCUT2D eigenvalue weighted by molar-refractivity contribution is -0.145. The van der Waals surface area contributed by atoms with Crippen LogP contribution in [0.25, 0.3) is 0 Å². The summed E-state index contributed by atoms with van der Waals surface area (Å²) in [5.74, 6) is 3.10. The normalized spacial score (nSPS) is 15.9. The van der Waals surface area contributed by atoms with E-state index in [1.165, 1.54) is 0 Å². The van der Waals surface area contributed by atoms with Gasteiger partial charge < -0.3 is 9.47 Å². The van der Waals surface area contributed by atoms with Crippen LogP contribution in [0.1, 0.15) is 17.5 Å². The standard InChI is InChI=1S/C18H14O3/c19-18(20-13-12-14-6-2-1-3-7-14)17-11-10-15-8-4-5-9-16(15)21-17/h1-9,17H,10-11H2. The van der Waals surface area contributed by atoms with E-state index in [-0.39, 0.29) is 0 Å². The number of fused-ring (bicyclic) bond motifs is 1. The van der Waals surface area contributed by atoms with E-state index < -0.39 is 12.1 Å². The highest BCUT2D eigenvalue weighted by molar-refractivity contribution is 5.76. The molecule has 0 aliphatic carbocycles. The zero-order valence-corrected chi connectivity index (χ0v) is 11.4. The Balaban J connectivity index is 1.61. The lowest BCUT2D eigenvalue weighted by Gasteiger charge is -2.23. The first-order chi connectivity index (χ1) is 10.3. The molecule has 0 N–H and O–H groups in total. The number of aryl methyl sites for hydroxylation is 1. The minimum absolute atomic E-state index is 0.437. The molecule has 1 atom stereocenters. The Morgan fingerprint density at radius 2 is 1.86 bits per heavy atom. The van der Waals surface area contributed by atoms with Crippen LogP contribution < -0.4 is 4.74 Å². The van der Waals surface area contributed by atoms with Crippen molar-refractivity contribution in [1.82, 2.24) is 0 Å². The maximum absolute atomic E-state index is 11.9. The summed E-state index contributed by atoms with van der Waals surface area (Å²) in [6.07, 6.45) is 3.29. The molecule has 1 unspecified atom stereocenters. The lowest BCUT2D eigenvalue weighted by atomic mass is 10.0. The molecule has 0 fully saturated rings. The third kappa shape index (κ3) is 3.24. The van der Waals surface area contributed by atoms with Gasteiger partial charge in [0.1, 0.15) is 11.9 Å². The second kappa shape index (κ2) is 6.15. The Morgan fingerprint density at radius 3 is 2.71 bits per heavy atom. The van der Waals surface area contributed by atoms with Gasteiger partial charge in [0.05, 0.1) is 0 Å². The molecule has 0 saturated heterocycles. The van der Waals surface area contributed by atoms with Crippen molar-refractivity contribution in [2.75, 3.05) is 0 Å². The van der Waals surface area contributed by atoms with Crippen LogP contribution in [0.3, 0.4) is 0 Å². The third-order valence-electron chi connectivity index (χ3n) is 3.30. The average Bonchev–Trinajstić information content (AvgIpc) is 2.55. The van der Waals surface area contributed by atoms with Crippen molar-refractivity contribution in [2.24, 2.45) is 0 Å². The van der Waals surface area contributed by atoms with Crippen LogP contribution in [0.5, 0.6) is 5.75 Å². The number of ether oxygens (including phenoxy) is 2. The van der Waals surface area contributed by atoms with Crippen molar-refractivity contribution in [3.63, 3.8) is 0 Å². The summed E-state index contributed by atoms with van der Waals surface area (Å²) in [5.41, 5.74) is 1.93. The van der Waals surface area contributed by atoms with E-state index in [0.29, 0.717) is 6.42 Å². The van der Waals surface area contributed by atoms with Crippen molar-refractivity contribution < 1.29 is 14.3 Å².